The van der Waals surface area contributed by atoms with Gasteiger partial charge in [-0.15, -0.1) is 0 Å². The number of aromatic nitrogens is 4. The van der Waals surface area contributed by atoms with Crippen LogP contribution in [0.2, 0.25) is 0 Å². The molecule has 0 atom stereocenters. The molecule has 3 aromatic heterocycles. The van der Waals surface area contributed by atoms with Gasteiger partial charge in [-0.05, 0) is 35.4 Å². The number of nitrogens with one attached hydrogen (secondary N) is 1. The Morgan fingerprint density at radius 2 is 1.92 bits per heavy atom. The van der Waals surface area contributed by atoms with Crippen LogP contribution in [-0.2, 0) is 6.54 Å². The van der Waals surface area contributed by atoms with E-state index >= 15 is 0 Å². The molecule has 1 N–H and O–H groups in total. The van der Waals surface area contributed by atoms with E-state index in [-0.39, 0.29) is 11.5 Å². The third-order valence-corrected chi connectivity index (χ3v) is 3.87. The number of nitrogens with zero attached hydrogens (tertiary/aromatic N) is 3. The third-order valence-electron chi connectivity index (χ3n) is 3.87. The van der Waals surface area contributed by atoms with Crippen LogP contribution in [0.15, 0.2) is 65.8 Å². The maximum atomic E-state index is 13.1. The van der Waals surface area contributed by atoms with Crippen molar-refractivity contribution < 1.29 is 4.39 Å². The second-order valence-electron chi connectivity index (χ2n) is 5.48. The maximum Gasteiger partial charge on any atom is 0.327 e. The molecule has 0 saturated heterocycles. The highest BCUT2D eigenvalue weighted by atomic mass is 19.1. The summed E-state index contributed by atoms with van der Waals surface area (Å²) in [7, 11) is 0. The lowest BCUT2D eigenvalue weighted by atomic mass is 10.1. The summed E-state index contributed by atoms with van der Waals surface area (Å²) in [5, 5.41) is 0. The van der Waals surface area contributed by atoms with Crippen molar-refractivity contribution in [3.63, 3.8) is 0 Å². The minimum Gasteiger partial charge on any atom is -0.290 e. The molecule has 0 amide bonds. The molecular weight excluding hydrogens is 307 g/mol. The standard InChI is InChI=1S/C18H13FN4O/c19-15-5-3-13(4-6-15)14-8-16-17(21-10-14)22-18(24)23(16)11-12-2-1-7-20-9-12/h1-10H,11H2,(H,21,22,24). The summed E-state index contributed by atoms with van der Waals surface area (Å²) in [5.41, 5.74) is 3.58. The van der Waals surface area contributed by atoms with Crippen LogP contribution in [0.5, 0.6) is 0 Å². The monoisotopic (exact) mass is 320 g/mol. The molecule has 0 aliphatic heterocycles. The van der Waals surface area contributed by atoms with Crippen molar-refractivity contribution in [2.24, 2.45) is 0 Å². The SMILES string of the molecule is O=c1[nH]c2ncc(-c3ccc(F)cc3)cc2n1Cc1cccnc1. The Kier molecular flexibility index (Phi) is 3.42. The van der Waals surface area contributed by atoms with Gasteiger partial charge in [0.05, 0.1) is 12.1 Å². The summed E-state index contributed by atoms with van der Waals surface area (Å²) in [4.78, 5) is 23.4. The van der Waals surface area contributed by atoms with Crippen molar-refractivity contribution in [3.8, 4) is 11.1 Å². The lowest BCUT2D eigenvalue weighted by Crippen LogP contribution is -2.17. The Balaban J connectivity index is 1.82. The molecule has 4 rings (SSSR count). The zero-order valence-corrected chi connectivity index (χ0v) is 12.6. The van der Waals surface area contributed by atoms with Crippen LogP contribution in [0.3, 0.4) is 0 Å². The van der Waals surface area contributed by atoms with Gasteiger partial charge in [-0.1, -0.05) is 18.2 Å². The first kappa shape index (κ1) is 14.3. The first-order chi connectivity index (χ1) is 11.7. The van der Waals surface area contributed by atoms with Crippen LogP contribution in [0.25, 0.3) is 22.3 Å². The maximum absolute atomic E-state index is 13.1. The van der Waals surface area contributed by atoms with Gasteiger partial charge in [0.15, 0.2) is 5.65 Å². The van der Waals surface area contributed by atoms with Crippen LogP contribution >= 0.6 is 0 Å². The molecule has 0 bridgehead atoms. The molecule has 4 aromatic rings. The number of halogens is 1. The highest BCUT2D eigenvalue weighted by Crippen LogP contribution is 2.22. The number of pyridine rings is 2. The lowest BCUT2D eigenvalue weighted by Gasteiger charge is -2.05. The molecule has 24 heavy (non-hydrogen) atoms. The van der Waals surface area contributed by atoms with Gasteiger partial charge in [0.25, 0.3) is 0 Å². The van der Waals surface area contributed by atoms with Crippen LogP contribution in [0.1, 0.15) is 5.56 Å². The molecule has 118 valence electrons. The van der Waals surface area contributed by atoms with Crippen LogP contribution in [0, 0.1) is 5.82 Å². The fraction of sp³-hybridized carbons (Fsp3) is 0.0556. The number of rotatable bonds is 3. The number of fused-ring (bicyclic) bond motifs is 1. The van der Waals surface area contributed by atoms with E-state index in [1.165, 1.54) is 12.1 Å². The van der Waals surface area contributed by atoms with Crippen molar-refractivity contribution in [2.45, 2.75) is 6.54 Å². The Labute approximate surface area is 136 Å². The molecule has 1 aromatic carbocycles. The molecule has 6 heteroatoms. The Morgan fingerprint density at radius 3 is 2.67 bits per heavy atom. The van der Waals surface area contributed by atoms with Crippen LogP contribution in [-0.4, -0.2) is 19.5 Å². The van der Waals surface area contributed by atoms with Gasteiger partial charge in [-0.3, -0.25) is 14.5 Å². The van der Waals surface area contributed by atoms with Crippen LogP contribution < -0.4 is 5.69 Å². The van der Waals surface area contributed by atoms with E-state index < -0.39 is 0 Å². The molecule has 0 radical (unpaired) electrons. The smallest absolute Gasteiger partial charge is 0.290 e. The Bertz CT molecular complexity index is 1050. The predicted molar refractivity (Wildman–Crippen MR) is 89.1 cm³/mol. The van der Waals surface area contributed by atoms with E-state index in [9.17, 15) is 9.18 Å². The fourth-order valence-electron chi connectivity index (χ4n) is 2.66. The van der Waals surface area contributed by atoms with Gasteiger partial charge in [-0.2, -0.15) is 0 Å². The fourth-order valence-corrected chi connectivity index (χ4v) is 2.66. The van der Waals surface area contributed by atoms with Crippen molar-refractivity contribution in [3.05, 3.63) is 82.9 Å². The minimum atomic E-state index is -0.289. The molecule has 5 nitrogen and oxygen atoms in total. The van der Waals surface area contributed by atoms with Crippen molar-refractivity contribution >= 4 is 11.2 Å². The zero-order valence-electron chi connectivity index (χ0n) is 12.6. The average Bonchev–Trinajstić information content (AvgIpc) is 2.91. The highest BCUT2D eigenvalue weighted by Gasteiger charge is 2.10. The van der Waals surface area contributed by atoms with E-state index in [2.05, 4.69) is 15.0 Å². The molecule has 0 fully saturated rings. The first-order valence-corrected chi connectivity index (χ1v) is 7.44. The zero-order chi connectivity index (χ0) is 16.5. The van der Waals surface area contributed by atoms with Crippen molar-refractivity contribution in [2.75, 3.05) is 0 Å². The molecule has 0 saturated carbocycles. The van der Waals surface area contributed by atoms with Crippen molar-refractivity contribution in [1.29, 1.82) is 0 Å². The summed E-state index contributed by atoms with van der Waals surface area (Å²) >= 11 is 0. The summed E-state index contributed by atoms with van der Waals surface area (Å²) in [5.74, 6) is -0.289. The summed E-state index contributed by atoms with van der Waals surface area (Å²) in [6.45, 7) is 0.404. The predicted octanol–water partition coefficient (Wildman–Crippen LogP) is 2.97. The molecule has 0 aliphatic rings. The van der Waals surface area contributed by atoms with E-state index in [1.54, 1.807) is 35.3 Å². The number of benzene rings is 1. The number of imidazole rings is 1. The molecule has 0 aliphatic carbocycles. The van der Waals surface area contributed by atoms with Crippen molar-refractivity contribution in [1.82, 2.24) is 19.5 Å². The molecular formula is C18H13FN4O. The summed E-state index contributed by atoms with van der Waals surface area (Å²) < 4.78 is 14.7. The third kappa shape index (κ3) is 2.58. The summed E-state index contributed by atoms with van der Waals surface area (Å²) in [6.07, 6.45) is 5.08. The van der Waals surface area contributed by atoms with Gasteiger partial charge >= 0.3 is 5.69 Å². The number of H-pyrrole nitrogens is 1. The van der Waals surface area contributed by atoms with Gasteiger partial charge in [0.2, 0.25) is 0 Å². The number of hydrogen-bond donors (Lipinski definition) is 1. The van der Waals surface area contributed by atoms with Gasteiger partial charge in [0.1, 0.15) is 5.82 Å². The molecule has 0 spiro atoms. The normalized spacial score (nSPS) is 11.0. The average molecular weight is 320 g/mol. The number of aromatic amines is 1. The summed E-state index contributed by atoms with van der Waals surface area (Å²) in [6, 6.07) is 11.8. The highest BCUT2D eigenvalue weighted by molar-refractivity contribution is 5.78. The second kappa shape index (κ2) is 5.73. The van der Waals surface area contributed by atoms with Crippen LogP contribution in [0.4, 0.5) is 4.39 Å². The second-order valence-corrected chi connectivity index (χ2v) is 5.48. The quantitative estimate of drug-likeness (QED) is 0.631. The van der Waals surface area contributed by atoms with E-state index in [0.29, 0.717) is 17.7 Å². The largest absolute Gasteiger partial charge is 0.327 e. The first-order valence-electron chi connectivity index (χ1n) is 7.44. The van der Waals surface area contributed by atoms with E-state index in [4.69, 9.17) is 0 Å². The number of hydrogen-bond acceptors (Lipinski definition) is 3. The Morgan fingerprint density at radius 1 is 1.08 bits per heavy atom. The van der Waals surface area contributed by atoms with E-state index in [1.807, 2.05) is 18.2 Å². The molecule has 0 unspecified atom stereocenters. The van der Waals surface area contributed by atoms with Gasteiger partial charge < -0.3 is 0 Å². The van der Waals surface area contributed by atoms with E-state index in [0.717, 1.165) is 16.7 Å². The minimum absolute atomic E-state index is 0.224. The lowest BCUT2D eigenvalue weighted by molar-refractivity contribution is 0.628. The van der Waals surface area contributed by atoms with Gasteiger partial charge in [-0.25, -0.2) is 14.2 Å². The Hall–Kier alpha value is -3.28. The topological polar surface area (TPSA) is 63.6 Å². The molecule has 3 heterocycles. The van der Waals surface area contributed by atoms with Gasteiger partial charge in [0, 0.05) is 24.2 Å².